The van der Waals surface area contributed by atoms with Crippen LogP contribution in [0.5, 0.6) is 5.75 Å². The number of benzene rings is 2. The first-order valence-electron chi connectivity index (χ1n) is 6.18. The Kier molecular flexibility index (Phi) is 4.75. The van der Waals surface area contributed by atoms with Crippen molar-refractivity contribution in [2.45, 2.75) is 12.4 Å². The number of hydrogen-bond acceptors (Lipinski definition) is 2. The van der Waals surface area contributed by atoms with E-state index in [1.54, 1.807) is 43.4 Å². The molecule has 0 aliphatic carbocycles. The van der Waals surface area contributed by atoms with E-state index >= 15 is 0 Å². The fourth-order valence-electron chi connectivity index (χ4n) is 2.09. The predicted molar refractivity (Wildman–Crippen MR) is 75.5 cm³/mol. The zero-order valence-electron chi connectivity index (χ0n) is 11.1. The van der Waals surface area contributed by atoms with Crippen LogP contribution in [-0.2, 0) is 0 Å². The molecule has 0 heterocycles. The summed E-state index contributed by atoms with van der Waals surface area (Å²) in [4.78, 5) is 0. The van der Waals surface area contributed by atoms with Gasteiger partial charge >= 0.3 is 6.36 Å². The van der Waals surface area contributed by atoms with Crippen LogP contribution in [0.1, 0.15) is 17.2 Å². The topological polar surface area (TPSA) is 21.3 Å². The Bertz CT molecular complexity index is 599. The highest BCUT2D eigenvalue weighted by atomic mass is 35.5. The molecule has 0 spiro atoms. The van der Waals surface area contributed by atoms with E-state index in [0.717, 1.165) is 5.56 Å². The fraction of sp³-hybridized carbons (Fsp3) is 0.200. The zero-order chi connectivity index (χ0) is 15.5. The van der Waals surface area contributed by atoms with Crippen LogP contribution in [0.4, 0.5) is 13.2 Å². The van der Waals surface area contributed by atoms with Gasteiger partial charge in [0.05, 0.1) is 6.04 Å². The average molecular weight is 316 g/mol. The molecule has 0 fully saturated rings. The summed E-state index contributed by atoms with van der Waals surface area (Å²) in [6, 6.07) is 12.5. The third-order valence-electron chi connectivity index (χ3n) is 2.95. The second kappa shape index (κ2) is 6.37. The van der Waals surface area contributed by atoms with Crippen LogP contribution >= 0.6 is 11.6 Å². The summed E-state index contributed by atoms with van der Waals surface area (Å²) in [7, 11) is 1.67. The van der Waals surface area contributed by atoms with Crippen molar-refractivity contribution in [3.8, 4) is 5.75 Å². The molecule has 2 aromatic carbocycles. The first-order valence-corrected chi connectivity index (χ1v) is 6.56. The van der Waals surface area contributed by atoms with E-state index in [2.05, 4.69) is 10.1 Å². The Morgan fingerprint density at radius 2 is 1.67 bits per heavy atom. The van der Waals surface area contributed by atoms with Gasteiger partial charge in [0.1, 0.15) is 5.75 Å². The lowest BCUT2D eigenvalue weighted by atomic mass is 9.98. The van der Waals surface area contributed by atoms with Crippen molar-refractivity contribution in [2.75, 3.05) is 7.05 Å². The molecule has 0 aliphatic heterocycles. The maximum absolute atomic E-state index is 12.5. The van der Waals surface area contributed by atoms with Crippen LogP contribution in [0.15, 0.2) is 48.5 Å². The van der Waals surface area contributed by atoms with Gasteiger partial charge in [-0.15, -0.1) is 13.2 Å². The van der Waals surface area contributed by atoms with Gasteiger partial charge < -0.3 is 10.1 Å². The largest absolute Gasteiger partial charge is 0.573 e. The van der Waals surface area contributed by atoms with Crippen LogP contribution in [0.3, 0.4) is 0 Å². The molecule has 2 nitrogen and oxygen atoms in total. The number of para-hydroxylation sites is 1. The molecule has 0 saturated carbocycles. The summed E-state index contributed by atoms with van der Waals surface area (Å²) in [5, 5.41) is 3.55. The number of ether oxygens (including phenoxy) is 1. The lowest BCUT2D eigenvalue weighted by Gasteiger charge is -2.21. The third kappa shape index (κ3) is 4.12. The second-order valence-corrected chi connectivity index (χ2v) is 4.80. The number of halogens is 4. The van der Waals surface area contributed by atoms with Crippen molar-refractivity contribution in [3.63, 3.8) is 0 Å². The molecule has 1 N–H and O–H groups in total. The van der Waals surface area contributed by atoms with Gasteiger partial charge in [-0.3, -0.25) is 0 Å². The van der Waals surface area contributed by atoms with E-state index in [9.17, 15) is 13.2 Å². The Balaban J connectivity index is 2.40. The number of hydrogen-bond donors (Lipinski definition) is 1. The Morgan fingerprint density at radius 3 is 2.24 bits per heavy atom. The minimum Gasteiger partial charge on any atom is -0.405 e. The van der Waals surface area contributed by atoms with Gasteiger partial charge in [0.25, 0.3) is 0 Å². The van der Waals surface area contributed by atoms with E-state index in [1.165, 1.54) is 12.1 Å². The molecular formula is C15H13ClF3NO. The SMILES string of the molecule is CNC(c1ccc(Cl)cc1)c1ccccc1OC(F)(F)F. The highest BCUT2D eigenvalue weighted by molar-refractivity contribution is 6.30. The summed E-state index contributed by atoms with van der Waals surface area (Å²) in [6.45, 7) is 0. The minimum atomic E-state index is -4.73. The molecule has 112 valence electrons. The predicted octanol–water partition coefficient (Wildman–Crippen LogP) is 4.55. The lowest BCUT2D eigenvalue weighted by Crippen LogP contribution is -2.22. The first-order chi connectivity index (χ1) is 9.90. The van der Waals surface area contributed by atoms with Crippen molar-refractivity contribution in [2.24, 2.45) is 0 Å². The molecule has 2 rings (SSSR count). The minimum absolute atomic E-state index is 0.223. The average Bonchev–Trinajstić information content (AvgIpc) is 2.42. The van der Waals surface area contributed by atoms with Gasteiger partial charge in [-0.2, -0.15) is 0 Å². The van der Waals surface area contributed by atoms with Crippen molar-refractivity contribution in [3.05, 3.63) is 64.7 Å². The van der Waals surface area contributed by atoms with Gasteiger partial charge in [0.2, 0.25) is 0 Å². The van der Waals surface area contributed by atoms with Crippen molar-refractivity contribution in [1.82, 2.24) is 5.32 Å². The van der Waals surface area contributed by atoms with Crippen molar-refractivity contribution >= 4 is 11.6 Å². The van der Waals surface area contributed by atoms with Crippen molar-refractivity contribution < 1.29 is 17.9 Å². The van der Waals surface area contributed by atoms with E-state index in [1.807, 2.05) is 0 Å². The van der Waals surface area contributed by atoms with Crippen LogP contribution in [-0.4, -0.2) is 13.4 Å². The summed E-state index contributed by atoms with van der Waals surface area (Å²) >= 11 is 5.83. The van der Waals surface area contributed by atoms with Crippen LogP contribution in [0.2, 0.25) is 5.02 Å². The van der Waals surface area contributed by atoms with E-state index in [4.69, 9.17) is 11.6 Å². The normalized spacial score (nSPS) is 13.0. The quantitative estimate of drug-likeness (QED) is 0.894. The summed E-state index contributed by atoms with van der Waals surface area (Å²) in [5.74, 6) is -0.223. The van der Waals surface area contributed by atoms with Crippen LogP contribution < -0.4 is 10.1 Å². The number of nitrogens with one attached hydrogen (secondary N) is 1. The van der Waals surface area contributed by atoms with Gasteiger partial charge in [0, 0.05) is 10.6 Å². The fourth-order valence-corrected chi connectivity index (χ4v) is 2.22. The maximum atomic E-state index is 12.5. The summed E-state index contributed by atoms with van der Waals surface area (Å²) in [5.41, 5.74) is 1.19. The molecule has 0 saturated heterocycles. The van der Waals surface area contributed by atoms with Crippen molar-refractivity contribution in [1.29, 1.82) is 0 Å². The molecule has 21 heavy (non-hydrogen) atoms. The van der Waals surface area contributed by atoms with E-state index < -0.39 is 12.4 Å². The molecule has 1 unspecified atom stereocenters. The highest BCUT2D eigenvalue weighted by Gasteiger charge is 2.33. The lowest BCUT2D eigenvalue weighted by molar-refractivity contribution is -0.275. The Labute approximate surface area is 125 Å². The van der Waals surface area contributed by atoms with Gasteiger partial charge in [-0.25, -0.2) is 0 Å². The molecular weight excluding hydrogens is 303 g/mol. The molecule has 0 aliphatic rings. The van der Waals surface area contributed by atoms with Gasteiger partial charge in [-0.1, -0.05) is 41.9 Å². The van der Waals surface area contributed by atoms with Crippen LogP contribution in [0.25, 0.3) is 0 Å². The van der Waals surface area contributed by atoms with E-state index in [0.29, 0.717) is 10.6 Å². The molecule has 0 aromatic heterocycles. The monoisotopic (exact) mass is 315 g/mol. The van der Waals surface area contributed by atoms with E-state index in [-0.39, 0.29) is 5.75 Å². The molecule has 0 bridgehead atoms. The second-order valence-electron chi connectivity index (χ2n) is 4.36. The first kappa shape index (κ1) is 15.7. The Hall–Kier alpha value is -1.72. The Morgan fingerprint density at radius 1 is 1.05 bits per heavy atom. The van der Waals surface area contributed by atoms with Crippen LogP contribution in [0, 0.1) is 0 Å². The number of rotatable bonds is 4. The summed E-state index contributed by atoms with van der Waals surface area (Å²) < 4.78 is 41.5. The van der Waals surface area contributed by atoms with Gasteiger partial charge in [0.15, 0.2) is 0 Å². The smallest absolute Gasteiger partial charge is 0.405 e. The highest BCUT2D eigenvalue weighted by Crippen LogP contribution is 2.33. The summed E-state index contributed by atoms with van der Waals surface area (Å²) in [6.07, 6.45) is -4.73. The third-order valence-corrected chi connectivity index (χ3v) is 3.20. The maximum Gasteiger partial charge on any atom is 0.573 e. The zero-order valence-corrected chi connectivity index (χ0v) is 11.9. The molecule has 6 heteroatoms. The molecule has 1 atom stereocenters. The number of alkyl halides is 3. The molecule has 0 amide bonds. The molecule has 2 aromatic rings. The van der Waals surface area contributed by atoms with Gasteiger partial charge in [-0.05, 0) is 30.8 Å². The standard InChI is InChI=1S/C15H13ClF3NO/c1-20-14(10-6-8-11(16)9-7-10)12-4-2-3-5-13(12)21-15(17,18)19/h2-9,14,20H,1H3. The molecule has 0 radical (unpaired) electrons.